The van der Waals surface area contributed by atoms with E-state index < -0.39 is 0 Å². The first-order chi connectivity index (χ1) is 12.6. The van der Waals surface area contributed by atoms with E-state index in [0.29, 0.717) is 0 Å². The Bertz CT molecular complexity index is 1030. The number of aromatic amines is 1. The van der Waals surface area contributed by atoms with E-state index in [1.54, 1.807) is 0 Å². The number of imidazole rings is 1. The minimum Gasteiger partial charge on any atom is -0.334 e. The molecule has 2 aromatic carbocycles. The minimum atomic E-state index is -0.234. The van der Waals surface area contributed by atoms with Crippen molar-refractivity contribution in [3.63, 3.8) is 0 Å². The lowest BCUT2D eigenvalue weighted by Gasteiger charge is -2.27. The third kappa shape index (κ3) is 2.73. The molecule has 3 aromatic rings. The number of hydrogen-bond acceptors (Lipinski definition) is 2. The zero-order valence-electron chi connectivity index (χ0n) is 15.2. The number of nitrogens with one attached hydrogen (secondary N) is 1. The molecule has 1 aliphatic heterocycles. The normalized spacial score (nSPS) is 17.2. The van der Waals surface area contributed by atoms with Crippen LogP contribution in [0.1, 0.15) is 35.6 Å². The van der Waals surface area contributed by atoms with E-state index in [1.165, 1.54) is 21.3 Å². The molecule has 0 aliphatic carbocycles. The summed E-state index contributed by atoms with van der Waals surface area (Å²) in [7, 11) is 0. The van der Waals surface area contributed by atoms with Crippen LogP contribution in [-0.2, 0) is 11.3 Å². The molecular weight excluding hydrogens is 326 g/mol. The number of rotatable bonds is 3. The molecule has 134 valence electrons. The number of benzene rings is 2. The van der Waals surface area contributed by atoms with Gasteiger partial charge in [-0.2, -0.15) is 0 Å². The van der Waals surface area contributed by atoms with Crippen molar-refractivity contribution in [1.29, 1.82) is 0 Å². The molecule has 1 N–H and O–H groups in total. The largest absolute Gasteiger partial charge is 0.334 e. The molecule has 1 unspecified atom stereocenters. The third-order valence-corrected chi connectivity index (χ3v) is 5.55. The number of nitrogens with zero attached hydrogens (tertiary/aromatic N) is 2. The molecule has 5 heteroatoms. The van der Waals surface area contributed by atoms with Gasteiger partial charge in [0, 0.05) is 6.54 Å². The number of aryl methyl sites for hydroxylation is 1. The quantitative estimate of drug-likeness (QED) is 0.789. The Morgan fingerprint density at radius 1 is 1.15 bits per heavy atom. The van der Waals surface area contributed by atoms with Crippen LogP contribution in [0.2, 0.25) is 0 Å². The number of carbonyl (C=O) groups is 1. The highest BCUT2D eigenvalue weighted by molar-refractivity contribution is 5.81. The van der Waals surface area contributed by atoms with Crippen molar-refractivity contribution in [3.8, 4) is 0 Å². The van der Waals surface area contributed by atoms with Gasteiger partial charge < -0.3 is 9.88 Å². The number of hydrogen-bond donors (Lipinski definition) is 1. The smallest absolute Gasteiger partial charge is 0.326 e. The first-order valence-electron chi connectivity index (χ1n) is 9.09. The van der Waals surface area contributed by atoms with Gasteiger partial charge in [-0.05, 0) is 55.5 Å². The van der Waals surface area contributed by atoms with Crippen LogP contribution in [0, 0.1) is 13.8 Å². The maximum absolute atomic E-state index is 13.0. The monoisotopic (exact) mass is 349 g/mol. The van der Waals surface area contributed by atoms with Crippen molar-refractivity contribution in [3.05, 3.63) is 69.6 Å². The summed E-state index contributed by atoms with van der Waals surface area (Å²) in [6.07, 6.45) is 1.96. The summed E-state index contributed by atoms with van der Waals surface area (Å²) in [5.74, 6) is 0.000240. The van der Waals surface area contributed by atoms with E-state index in [4.69, 9.17) is 0 Å². The molecule has 0 spiro atoms. The number of carbonyl (C=O) groups excluding carboxylic acids is 1. The van der Waals surface area contributed by atoms with E-state index in [2.05, 4.69) is 37.0 Å². The van der Waals surface area contributed by atoms with E-state index >= 15 is 0 Å². The van der Waals surface area contributed by atoms with Crippen LogP contribution in [0.15, 0.2) is 47.3 Å². The summed E-state index contributed by atoms with van der Waals surface area (Å²) in [5, 5.41) is 0. The fourth-order valence-electron chi connectivity index (χ4n) is 4.01. The molecule has 0 bridgehead atoms. The van der Waals surface area contributed by atoms with Crippen LogP contribution < -0.4 is 5.69 Å². The van der Waals surface area contributed by atoms with Crippen molar-refractivity contribution in [2.75, 3.05) is 6.54 Å². The molecule has 1 fully saturated rings. The molecule has 5 nitrogen and oxygen atoms in total. The van der Waals surface area contributed by atoms with Crippen LogP contribution in [0.25, 0.3) is 11.0 Å². The zero-order chi connectivity index (χ0) is 18.3. The summed E-state index contributed by atoms with van der Waals surface area (Å²) in [6.45, 7) is 5.04. The van der Waals surface area contributed by atoms with E-state index in [9.17, 15) is 9.59 Å². The van der Waals surface area contributed by atoms with Gasteiger partial charge in [0.05, 0.1) is 17.1 Å². The van der Waals surface area contributed by atoms with E-state index in [1.807, 2.05) is 29.2 Å². The summed E-state index contributed by atoms with van der Waals surface area (Å²) in [4.78, 5) is 30.1. The Morgan fingerprint density at radius 3 is 2.81 bits per heavy atom. The SMILES string of the molecule is Cc1cccc(C2CCCN2C(=O)Cn2c(=O)[nH]c3ccccc32)c1C. The standard InChI is InChI=1S/C21H23N3O2/c1-14-7-5-8-16(15(14)2)18-11-6-12-23(18)20(25)13-24-19-10-4-3-9-17(19)22-21(24)26/h3-5,7-10,18H,6,11-13H2,1-2H3,(H,22,26). The molecule has 1 saturated heterocycles. The van der Waals surface area contributed by atoms with Crippen LogP contribution in [0.3, 0.4) is 0 Å². The lowest BCUT2D eigenvalue weighted by molar-refractivity contribution is -0.132. The van der Waals surface area contributed by atoms with Crippen molar-refractivity contribution < 1.29 is 4.79 Å². The van der Waals surface area contributed by atoms with Gasteiger partial charge in [-0.1, -0.05) is 30.3 Å². The molecule has 1 atom stereocenters. The fraction of sp³-hybridized carbons (Fsp3) is 0.333. The molecule has 1 aliphatic rings. The highest BCUT2D eigenvalue weighted by atomic mass is 16.2. The van der Waals surface area contributed by atoms with Gasteiger partial charge in [0.2, 0.25) is 5.91 Å². The maximum Gasteiger partial charge on any atom is 0.326 e. The second-order valence-corrected chi connectivity index (χ2v) is 7.07. The molecule has 0 radical (unpaired) electrons. The molecule has 1 aromatic heterocycles. The Kier molecular flexibility index (Phi) is 4.15. The Hall–Kier alpha value is -2.82. The predicted molar refractivity (Wildman–Crippen MR) is 102 cm³/mol. The van der Waals surface area contributed by atoms with E-state index in [0.717, 1.165) is 30.4 Å². The van der Waals surface area contributed by atoms with Gasteiger partial charge in [-0.15, -0.1) is 0 Å². The number of aromatic nitrogens is 2. The van der Waals surface area contributed by atoms with Crippen LogP contribution in [0.4, 0.5) is 0 Å². The number of likely N-dealkylation sites (tertiary alicyclic amines) is 1. The second kappa shape index (κ2) is 6.48. The Morgan fingerprint density at radius 2 is 1.96 bits per heavy atom. The number of para-hydroxylation sites is 2. The lowest BCUT2D eigenvalue weighted by Crippen LogP contribution is -2.35. The first kappa shape index (κ1) is 16.6. The molecule has 0 saturated carbocycles. The number of fused-ring (bicyclic) bond motifs is 1. The van der Waals surface area contributed by atoms with Crippen molar-refractivity contribution in [2.24, 2.45) is 0 Å². The first-order valence-corrected chi connectivity index (χ1v) is 9.09. The number of amides is 1. The van der Waals surface area contributed by atoms with Crippen molar-refractivity contribution >= 4 is 16.9 Å². The molecule has 26 heavy (non-hydrogen) atoms. The summed E-state index contributed by atoms with van der Waals surface area (Å²) in [5.41, 5.74) is 5.02. The summed E-state index contributed by atoms with van der Waals surface area (Å²) in [6, 6.07) is 13.9. The minimum absolute atomic E-state index is 0.000240. The molecule has 1 amide bonds. The average Bonchev–Trinajstić information content (AvgIpc) is 3.23. The van der Waals surface area contributed by atoms with Crippen LogP contribution >= 0.6 is 0 Å². The van der Waals surface area contributed by atoms with Gasteiger partial charge in [-0.25, -0.2) is 4.79 Å². The molecular formula is C21H23N3O2. The Labute approximate surface area is 152 Å². The average molecular weight is 349 g/mol. The predicted octanol–water partition coefficient (Wildman–Crippen LogP) is 3.31. The zero-order valence-corrected chi connectivity index (χ0v) is 15.2. The highest BCUT2D eigenvalue weighted by Gasteiger charge is 2.31. The van der Waals surface area contributed by atoms with Gasteiger partial charge in [0.1, 0.15) is 6.54 Å². The third-order valence-electron chi connectivity index (χ3n) is 5.55. The maximum atomic E-state index is 13.0. The second-order valence-electron chi connectivity index (χ2n) is 7.07. The van der Waals surface area contributed by atoms with Gasteiger partial charge >= 0.3 is 5.69 Å². The van der Waals surface area contributed by atoms with Crippen molar-refractivity contribution in [2.45, 2.75) is 39.3 Å². The fourth-order valence-corrected chi connectivity index (χ4v) is 4.01. The van der Waals surface area contributed by atoms with Gasteiger partial charge in [-0.3, -0.25) is 9.36 Å². The summed E-state index contributed by atoms with van der Waals surface area (Å²) < 4.78 is 1.54. The molecule has 2 heterocycles. The van der Waals surface area contributed by atoms with Gasteiger partial charge in [0.25, 0.3) is 0 Å². The van der Waals surface area contributed by atoms with E-state index in [-0.39, 0.29) is 24.2 Å². The topological polar surface area (TPSA) is 58.1 Å². The number of H-pyrrole nitrogens is 1. The van der Waals surface area contributed by atoms with Gasteiger partial charge in [0.15, 0.2) is 0 Å². The van der Waals surface area contributed by atoms with Crippen molar-refractivity contribution in [1.82, 2.24) is 14.5 Å². The Balaban J connectivity index is 1.64. The van der Waals surface area contributed by atoms with Crippen LogP contribution in [-0.4, -0.2) is 26.9 Å². The lowest BCUT2D eigenvalue weighted by atomic mass is 9.96. The molecule has 4 rings (SSSR count). The van der Waals surface area contributed by atoms with Crippen LogP contribution in [0.5, 0.6) is 0 Å². The highest BCUT2D eigenvalue weighted by Crippen LogP contribution is 2.34. The summed E-state index contributed by atoms with van der Waals surface area (Å²) >= 11 is 0.